The summed E-state index contributed by atoms with van der Waals surface area (Å²) in [5.74, 6) is 0.504. The van der Waals surface area contributed by atoms with Gasteiger partial charge in [-0.15, -0.1) is 11.3 Å². The summed E-state index contributed by atoms with van der Waals surface area (Å²) in [6, 6.07) is 12.7. The number of hydrogen-bond acceptors (Lipinski definition) is 4. The molecule has 6 heteroatoms. The van der Waals surface area contributed by atoms with E-state index in [9.17, 15) is 0 Å². The molecular weight excluding hydrogens is 320 g/mol. The number of guanidine groups is 1. The molecule has 1 aromatic heterocycles. The highest BCUT2D eigenvalue weighted by Crippen LogP contribution is 2.17. The van der Waals surface area contributed by atoms with Gasteiger partial charge in [0.05, 0.1) is 19.8 Å². The molecular formula is C18H24N4OS. The Hall–Kier alpha value is -2.05. The van der Waals surface area contributed by atoms with Gasteiger partial charge in [-0.1, -0.05) is 18.2 Å². The average Bonchev–Trinajstić information content (AvgIpc) is 3.15. The summed E-state index contributed by atoms with van der Waals surface area (Å²) in [5, 5.41) is 5.26. The highest BCUT2D eigenvalue weighted by molar-refractivity contribution is 7.09. The van der Waals surface area contributed by atoms with E-state index >= 15 is 0 Å². The number of hydrogen-bond donors (Lipinski definition) is 2. The van der Waals surface area contributed by atoms with E-state index < -0.39 is 0 Å². The second-order valence-corrected chi connectivity index (χ2v) is 6.76. The van der Waals surface area contributed by atoms with Crippen molar-refractivity contribution in [2.24, 2.45) is 10.7 Å². The number of nitrogens with one attached hydrogen (secondary N) is 1. The van der Waals surface area contributed by atoms with E-state index in [0.29, 0.717) is 12.5 Å². The molecule has 2 heterocycles. The van der Waals surface area contributed by atoms with Crippen LogP contribution in [0.2, 0.25) is 0 Å². The van der Waals surface area contributed by atoms with E-state index in [0.717, 1.165) is 44.8 Å². The number of benzene rings is 1. The van der Waals surface area contributed by atoms with E-state index in [-0.39, 0.29) is 0 Å². The minimum Gasteiger partial charge on any atom is -0.378 e. The van der Waals surface area contributed by atoms with Crippen LogP contribution in [0.1, 0.15) is 10.4 Å². The molecule has 0 unspecified atom stereocenters. The third-order valence-electron chi connectivity index (χ3n) is 4.00. The fraction of sp³-hybridized carbons (Fsp3) is 0.389. The Kier molecular flexibility index (Phi) is 6.09. The minimum atomic E-state index is 0.504. The van der Waals surface area contributed by atoms with Gasteiger partial charge in [0.25, 0.3) is 0 Å². The van der Waals surface area contributed by atoms with Crippen LogP contribution in [0.5, 0.6) is 0 Å². The zero-order chi connectivity index (χ0) is 16.6. The molecule has 0 bridgehead atoms. The molecule has 1 aliphatic rings. The quantitative estimate of drug-likeness (QED) is 0.623. The van der Waals surface area contributed by atoms with Crippen LogP contribution >= 0.6 is 11.3 Å². The summed E-state index contributed by atoms with van der Waals surface area (Å²) in [6.45, 7) is 4.93. The van der Waals surface area contributed by atoms with Gasteiger partial charge in [0.1, 0.15) is 0 Å². The van der Waals surface area contributed by atoms with Crippen molar-refractivity contribution >= 4 is 23.0 Å². The summed E-state index contributed by atoms with van der Waals surface area (Å²) in [5.41, 5.74) is 8.33. The predicted octanol–water partition coefficient (Wildman–Crippen LogP) is 2.23. The van der Waals surface area contributed by atoms with Crippen molar-refractivity contribution in [3.63, 3.8) is 0 Å². The summed E-state index contributed by atoms with van der Waals surface area (Å²) in [7, 11) is 0. The number of anilines is 1. The van der Waals surface area contributed by atoms with Crippen molar-refractivity contribution in [1.82, 2.24) is 5.32 Å². The van der Waals surface area contributed by atoms with Gasteiger partial charge in [-0.2, -0.15) is 0 Å². The molecule has 1 aromatic carbocycles. The van der Waals surface area contributed by atoms with Crippen molar-refractivity contribution in [3.8, 4) is 0 Å². The average molecular weight is 344 g/mol. The molecule has 0 aliphatic carbocycles. The Labute approximate surface area is 147 Å². The van der Waals surface area contributed by atoms with Crippen LogP contribution in [0.3, 0.4) is 0 Å². The largest absolute Gasteiger partial charge is 0.378 e. The van der Waals surface area contributed by atoms with Crippen LogP contribution in [0.4, 0.5) is 5.69 Å². The number of aliphatic imine (C=N–C) groups is 1. The van der Waals surface area contributed by atoms with E-state index in [1.54, 1.807) is 11.3 Å². The van der Waals surface area contributed by atoms with Gasteiger partial charge in [-0.3, -0.25) is 0 Å². The van der Waals surface area contributed by atoms with Gasteiger partial charge in [0.15, 0.2) is 5.96 Å². The van der Waals surface area contributed by atoms with Crippen molar-refractivity contribution in [2.45, 2.75) is 13.0 Å². The van der Waals surface area contributed by atoms with Gasteiger partial charge in [0.2, 0.25) is 0 Å². The van der Waals surface area contributed by atoms with Crippen molar-refractivity contribution in [3.05, 3.63) is 52.2 Å². The van der Waals surface area contributed by atoms with Gasteiger partial charge in [-0.25, -0.2) is 4.99 Å². The van der Waals surface area contributed by atoms with E-state index in [1.165, 1.54) is 10.6 Å². The second-order valence-electron chi connectivity index (χ2n) is 5.72. The first-order valence-corrected chi connectivity index (χ1v) is 9.17. The minimum absolute atomic E-state index is 0.504. The summed E-state index contributed by atoms with van der Waals surface area (Å²) >= 11 is 1.77. The maximum atomic E-state index is 5.93. The Morgan fingerprint density at radius 1 is 1.21 bits per heavy atom. The monoisotopic (exact) mass is 344 g/mol. The standard InChI is InChI=1S/C18H24N4OS/c19-18(20-8-7-17-2-1-13-24-17)21-14-15-3-5-16(6-4-15)22-9-11-23-12-10-22/h1-6,13H,7-12,14H2,(H3,19,20,21). The smallest absolute Gasteiger partial charge is 0.188 e. The molecule has 0 radical (unpaired) electrons. The van der Waals surface area contributed by atoms with Crippen LogP contribution in [0.25, 0.3) is 0 Å². The van der Waals surface area contributed by atoms with Gasteiger partial charge >= 0.3 is 0 Å². The highest BCUT2D eigenvalue weighted by Gasteiger charge is 2.10. The van der Waals surface area contributed by atoms with Crippen molar-refractivity contribution in [2.75, 3.05) is 37.7 Å². The molecule has 1 fully saturated rings. The second kappa shape index (κ2) is 8.70. The fourth-order valence-corrected chi connectivity index (χ4v) is 3.34. The van der Waals surface area contributed by atoms with Gasteiger partial charge in [0, 0.05) is 30.2 Å². The number of nitrogens with two attached hydrogens (primary N) is 1. The zero-order valence-electron chi connectivity index (χ0n) is 13.8. The molecule has 3 N–H and O–H groups in total. The highest BCUT2D eigenvalue weighted by atomic mass is 32.1. The molecule has 0 amide bonds. The molecule has 1 saturated heterocycles. The zero-order valence-corrected chi connectivity index (χ0v) is 14.6. The Morgan fingerprint density at radius 3 is 2.71 bits per heavy atom. The number of rotatable bonds is 6. The first kappa shape index (κ1) is 16.8. The lowest BCUT2D eigenvalue weighted by Gasteiger charge is -2.28. The van der Waals surface area contributed by atoms with Gasteiger partial charge in [-0.05, 0) is 35.6 Å². The van der Waals surface area contributed by atoms with Crippen LogP contribution < -0.4 is 16.0 Å². The van der Waals surface area contributed by atoms with E-state index in [2.05, 4.69) is 57.0 Å². The van der Waals surface area contributed by atoms with Crippen LogP contribution in [0, 0.1) is 0 Å². The third kappa shape index (κ3) is 4.97. The van der Waals surface area contributed by atoms with Crippen LogP contribution in [0.15, 0.2) is 46.8 Å². The van der Waals surface area contributed by atoms with Gasteiger partial charge < -0.3 is 20.7 Å². The normalized spacial score (nSPS) is 15.5. The number of nitrogens with zero attached hydrogens (tertiary/aromatic N) is 2. The predicted molar refractivity (Wildman–Crippen MR) is 101 cm³/mol. The maximum absolute atomic E-state index is 5.93. The van der Waals surface area contributed by atoms with Crippen molar-refractivity contribution < 1.29 is 4.74 Å². The number of ether oxygens (including phenoxy) is 1. The van der Waals surface area contributed by atoms with Crippen LogP contribution in [-0.4, -0.2) is 38.8 Å². The van der Waals surface area contributed by atoms with E-state index in [1.807, 2.05) is 0 Å². The lowest BCUT2D eigenvalue weighted by molar-refractivity contribution is 0.122. The summed E-state index contributed by atoms with van der Waals surface area (Å²) in [6.07, 6.45) is 0.974. The van der Waals surface area contributed by atoms with Crippen molar-refractivity contribution in [1.29, 1.82) is 0 Å². The maximum Gasteiger partial charge on any atom is 0.188 e. The molecule has 0 spiro atoms. The molecule has 0 saturated carbocycles. The molecule has 3 rings (SSSR count). The Morgan fingerprint density at radius 2 is 2.00 bits per heavy atom. The first-order chi connectivity index (χ1) is 11.8. The molecule has 5 nitrogen and oxygen atoms in total. The number of morpholine rings is 1. The molecule has 0 atom stereocenters. The Balaban J connectivity index is 1.44. The lowest BCUT2D eigenvalue weighted by atomic mass is 10.2. The SMILES string of the molecule is NC(=NCc1ccc(N2CCOCC2)cc1)NCCc1cccs1. The van der Waals surface area contributed by atoms with Crippen LogP contribution in [-0.2, 0) is 17.7 Å². The molecule has 2 aromatic rings. The summed E-state index contributed by atoms with van der Waals surface area (Å²) < 4.78 is 5.39. The third-order valence-corrected chi connectivity index (χ3v) is 4.94. The Bertz CT molecular complexity index is 634. The lowest BCUT2D eigenvalue weighted by Crippen LogP contribution is -2.36. The van der Waals surface area contributed by atoms with E-state index in [4.69, 9.17) is 10.5 Å². The first-order valence-electron chi connectivity index (χ1n) is 8.29. The molecule has 24 heavy (non-hydrogen) atoms. The molecule has 1 aliphatic heterocycles. The summed E-state index contributed by atoms with van der Waals surface area (Å²) in [4.78, 5) is 8.11. The topological polar surface area (TPSA) is 62.9 Å². The fourth-order valence-electron chi connectivity index (χ4n) is 2.63. The number of thiophene rings is 1. The molecule has 128 valence electrons.